The van der Waals surface area contributed by atoms with Gasteiger partial charge >= 0.3 is 0 Å². The Hall–Kier alpha value is -2.74. The minimum atomic E-state index is -0.476. The molecular formula is C17H17N5O2S. The molecule has 1 aliphatic heterocycles. The Balaban J connectivity index is 1.59. The van der Waals surface area contributed by atoms with Crippen LogP contribution in [0.2, 0.25) is 0 Å². The third kappa shape index (κ3) is 2.89. The lowest BCUT2D eigenvalue weighted by molar-refractivity contribution is -0.119. The molecule has 2 amide bonds. The molecule has 1 saturated heterocycles. The first kappa shape index (κ1) is 15.8. The Morgan fingerprint density at radius 3 is 3.08 bits per heavy atom. The number of aromatic nitrogens is 3. The van der Waals surface area contributed by atoms with E-state index in [1.54, 1.807) is 27.2 Å². The fourth-order valence-corrected chi connectivity index (χ4v) is 3.69. The van der Waals surface area contributed by atoms with Crippen LogP contribution in [0.5, 0.6) is 0 Å². The van der Waals surface area contributed by atoms with Crippen LogP contribution in [0.15, 0.2) is 36.1 Å². The number of anilines is 1. The van der Waals surface area contributed by atoms with Crippen molar-refractivity contribution in [1.82, 2.24) is 19.5 Å². The van der Waals surface area contributed by atoms with E-state index in [4.69, 9.17) is 0 Å². The van der Waals surface area contributed by atoms with Crippen LogP contribution in [0.1, 0.15) is 28.8 Å². The van der Waals surface area contributed by atoms with Crippen LogP contribution < -0.4 is 5.32 Å². The van der Waals surface area contributed by atoms with E-state index in [-0.39, 0.29) is 11.8 Å². The van der Waals surface area contributed by atoms with Gasteiger partial charge in [0.1, 0.15) is 6.04 Å². The third-order valence-corrected chi connectivity index (χ3v) is 5.07. The summed E-state index contributed by atoms with van der Waals surface area (Å²) >= 11 is 1.36. The first-order valence-electron chi connectivity index (χ1n) is 8.09. The van der Waals surface area contributed by atoms with Gasteiger partial charge in [-0.25, -0.2) is 9.50 Å². The van der Waals surface area contributed by atoms with E-state index in [2.05, 4.69) is 15.4 Å². The Morgan fingerprint density at radius 2 is 2.28 bits per heavy atom. The number of nitrogens with zero attached hydrogens (tertiary/aromatic N) is 4. The van der Waals surface area contributed by atoms with Gasteiger partial charge in [-0.1, -0.05) is 0 Å². The summed E-state index contributed by atoms with van der Waals surface area (Å²) < 4.78 is 1.68. The van der Waals surface area contributed by atoms with Crippen LogP contribution in [-0.2, 0) is 4.79 Å². The monoisotopic (exact) mass is 355 g/mol. The zero-order chi connectivity index (χ0) is 17.4. The number of hydrogen-bond acceptors (Lipinski definition) is 5. The predicted molar refractivity (Wildman–Crippen MR) is 94.7 cm³/mol. The molecule has 4 heterocycles. The van der Waals surface area contributed by atoms with Crippen molar-refractivity contribution in [3.63, 3.8) is 0 Å². The summed E-state index contributed by atoms with van der Waals surface area (Å²) in [6.07, 6.45) is 6.50. The minimum absolute atomic E-state index is 0.155. The van der Waals surface area contributed by atoms with Gasteiger partial charge in [-0.05, 0) is 37.5 Å². The maximum atomic E-state index is 13.0. The molecule has 0 radical (unpaired) electrons. The lowest BCUT2D eigenvalue weighted by Crippen LogP contribution is -2.43. The van der Waals surface area contributed by atoms with Crippen molar-refractivity contribution in [1.29, 1.82) is 0 Å². The van der Waals surface area contributed by atoms with Gasteiger partial charge in [-0.2, -0.15) is 5.10 Å². The van der Waals surface area contributed by atoms with Crippen LogP contribution in [0.4, 0.5) is 5.13 Å². The summed E-state index contributed by atoms with van der Waals surface area (Å²) in [5.41, 5.74) is 2.34. The molecule has 0 aromatic carbocycles. The van der Waals surface area contributed by atoms with E-state index < -0.39 is 6.04 Å². The Bertz CT molecular complexity index is 934. The van der Waals surface area contributed by atoms with Crippen LogP contribution in [0.25, 0.3) is 5.52 Å². The molecule has 25 heavy (non-hydrogen) atoms. The molecule has 3 aromatic heterocycles. The van der Waals surface area contributed by atoms with Gasteiger partial charge in [0.05, 0.1) is 17.3 Å². The Morgan fingerprint density at radius 1 is 1.40 bits per heavy atom. The number of fused-ring (bicyclic) bond motifs is 1. The van der Waals surface area contributed by atoms with E-state index in [1.165, 1.54) is 11.3 Å². The second kappa shape index (κ2) is 6.29. The number of rotatable bonds is 3. The summed E-state index contributed by atoms with van der Waals surface area (Å²) in [6.45, 7) is 2.54. The maximum Gasteiger partial charge on any atom is 0.258 e. The molecule has 3 aromatic rings. The SMILES string of the molecule is Cc1ccn2ncc(C(=O)N3CCCC3C(=O)Nc3nccs3)c2c1. The zero-order valence-electron chi connectivity index (χ0n) is 13.7. The van der Waals surface area contributed by atoms with E-state index in [0.717, 1.165) is 17.5 Å². The van der Waals surface area contributed by atoms with Gasteiger partial charge in [0.15, 0.2) is 5.13 Å². The highest BCUT2D eigenvalue weighted by Crippen LogP contribution is 2.24. The molecule has 8 heteroatoms. The van der Waals surface area contributed by atoms with Crippen molar-refractivity contribution in [2.75, 3.05) is 11.9 Å². The quantitative estimate of drug-likeness (QED) is 0.782. The summed E-state index contributed by atoms with van der Waals surface area (Å²) in [6, 6.07) is 3.39. The average Bonchev–Trinajstić information content (AvgIpc) is 3.34. The summed E-state index contributed by atoms with van der Waals surface area (Å²) in [5.74, 6) is -0.342. The molecule has 1 aliphatic rings. The second-order valence-electron chi connectivity index (χ2n) is 6.08. The van der Waals surface area contributed by atoms with Crippen molar-refractivity contribution in [2.24, 2.45) is 0 Å². The van der Waals surface area contributed by atoms with Crippen LogP contribution in [0.3, 0.4) is 0 Å². The number of amides is 2. The molecule has 1 atom stereocenters. The van der Waals surface area contributed by atoms with Gasteiger partial charge in [-0.3, -0.25) is 9.59 Å². The lowest BCUT2D eigenvalue weighted by atomic mass is 10.1. The smallest absolute Gasteiger partial charge is 0.258 e. The number of carbonyl (C=O) groups excluding carboxylic acids is 2. The number of aryl methyl sites for hydroxylation is 1. The number of hydrogen-bond donors (Lipinski definition) is 1. The lowest BCUT2D eigenvalue weighted by Gasteiger charge is -2.23. The normalized spacial score (nSPS) is 17.2. The summed E-state index contributed by atoms with van der Waals surface area (Å²) in [5, 5.41) is 9.39. The van der Waals surface area contributed by atoms with E-state index in [0.29, 0.717) is 23.7 Å². The molecule has 128 valence electrons. The molecule has 0 bridgehead atoms. The molecule has 0 spiro atoms. The first-order chi connectivity index (χ1) is 12.1. The molecule has 1 unspecified atom stereocenters. The fourth-order valence-electron chi connectivity index (χ4n) is 3.16. The van der Waals surface area contributed by atoms with Gasteiger partial charge in [0.2, 0.25) is 5.91 Å². The largest absolute Gasteiger partial charge is 0.326 e. The topological polar surface area (TPSA) is 79.6 Å². The van der Waals surface area contributed by atoms with Crippen molar-refractivity contribution in [2.45, 2.75) is 25.8 Å². The standard InChI is InChI=1S/C17H17N5O2S/c1-11-4-7-22-14(9-11)12(10-19-22)16(24)21-6-2-3-13(21)15(23)20-17-18-5-8-25-17/h4-5,7-10,13H,2-3,6H2,1H3,(H,18,20,23). The van der Waals surface area contributed by atoms with Crippen molar-refractivity contribution < 1.29 is 9.59 Å². The highest BCUT2D eigenvalue weighted by Gasteiger charge is 2.35. The zero-order valence-corrected chi connectivity index (χ0v) is 14.5. The van der Waals surface area contributed by atoms with Gasteiger partial charge < -0.3 is 10.2 Å². The summed E-state index contributed by atoms with van der Waals surface area (Å²) in [4.78, 5) is 31.3. The molecule has 0 saturated carbocycles. The summed E-state index contributed by atoms with van der Waals surface area (Å²) in [7, 11) is 0. The highest BCUT2D eigenvalue weighted by molar-refractivity contribution is 7.13. The number of nitrogens with one attached hydrogen (secondary N) is 1. The fraction of sp³-hybridized carbons (Fsp3) is 0.294. The van der Waals surface area contributed by atoms with Crippen LogP contribution in [-0.4, -0.2) is 43.9 Å². The van der Waals surface area contributed by atoms with Crippen LogP contribution >= 0.6 is 11.3 Å². The Labute approximate surface area is 148 Å². The number of thiazole rings is 1. The van der Waals surface area contributed by atoms with E-state index >= 15 is 0 Å². The third-order valence-electron chi connectivity index (χ3n) is 4.39. The molecule has 4 rings (SSSR count). The maximum absolute atomic E-state index is 13.0. The number of carbonyl (C=O) groups is 2. The minimum Gasteiger partial charge on any atom is -0.326 e. The molecule has 1 N–H and O–H groups in total. The van der Waals surface area contributed by atoms with Gasteiger partial charge in [0, 0.05) is 24.3 Å². The predicted octanol–water partition coefficient (Wildman–Crippen LogP) is 2.34. The number of likely N-dealkylation sites (tertiary alicyclic amines) is 1. The molecule has 7 nitrogen and oxygen atoms in total. The number of pyridine rings is 1. The molecule has 0 aliphatic carbocycles. The molecule has 1 fully saturated rings. The van der Waals surface area contributed by atoms with Gasteiger partial charge in [0.25, 0.3) is 5.91 Å². The van der Waals surface area contributed by atoms with E-state index in [1.807, 2.05) is 25.3 Å². The Kier molecular flexibility index (Phi) is 3.96. The first-order valence-corrected chi connectivity index (χ1v) is 8.97. The second-order valence-corrected chi connectivity index (χ2v) is 6.97. The molecular weight excluding hydrogens is 338 g/mol. The highest BCUT2D eigenvalue weighted by atomic mass is 32.1. The average molecular weight is 355 g/mol. The van der Waals surface area contributed by atoms with Crippen molar-refractivity contribution in [3.8, 4) is 0 Å². The van der Waals surface area contributed by atoms with Crippen LogP contribution in [0, 0.1) is 6.92 Å². The van der Waals surface area contributed by atoms with E-state index in [9.17, 15) is 9.59 Å². The van der Waals surface area contributed by atoms with Gasteiger partial charge in [-0.15, -0.1) is 11.3 Å². The van der Waals surface area contributed by atoms with Crippen molar-refractivity contribution >= 4 is 33.8 Å². The van der Waals surface area contributed by atoms with Crippen molar-refractivity contribution in [3.05, 3.63) is 47.2 Å².